The van der Waals surface area contributed by atoms with Crippen LogP contribution in [0.25, 0.3) is 0 Å². The average molecular weight is 394 g/mol. The molecule has 140 valence electrons. The highest BCUT2D eigenvalue weighted by Gasteiger charge is 2.31. The second-order valence-corrected chi connectivity index (χ2v) is 8.30. The van der Waals surface area contributed by atoms with Gasteiger partial charge in [0.05, 0.1) is 5.69 Å². The zero-order valence-electron chi connectivity index (χ0n) is 15.1. The van der Waals surface area contributed by atoms with Crippen LogP contribution in [0.5, 0.6) is 5.75 Å². The first-order valence-corrected chi connectivity index (χ1v) is 10.0. The van der Waals surface area contributed by atoms with E-state index in [1.165, 1.54) is 11.3 Å². The quantitative estimate of drug-likeness (QED) is 0.836. The maximum absolute atomic E-state index is 13.0. The Morgan fingerprint density at radius 2 is 2.15 bits per heavy atom. The molecule has 1 aliphatic heterocycles. The monoisotopic (exact) mass is 393 g/mol. The first kappa shape index (κ1) is 19.1. The maximum Gasteiger partial charge on any atom is 0.266 e. The fraction of sp³-hybridized carbons (Fsp3) is 0.474. The van der Waals surface area contributed by atoms with Crippen LogP contribution in [0, 0.1) is 12.8 Å². The highest BCUT2D eigenvalue weighted by atomic mass is 35.5. The van der Waals surface area contributed by atoms with Crippen LogP contribution in [-0.4, -0.2) is 34.9 Å². The Kier molecular flexibility index (Phi) is 6.16. The third-order valence-corrected chi connectivity index (χ3v) is 6.09. The summed E-state index contributed by atoms with van der Waals surface area (Å²) in [5.74, 6) is 1.38. The number of carbonyl (C=O) groups excluding carboxylic acids is 1. The molecule has 0 bridgehead atoms. The third kappa shape index (κ3) is 4.37. The lowest BCUT2D eigenvalue weighted by molar-refractivity contribution is 0.0577. The molecule has 2 aromatic rings. The van der Waals surface area contributed by atoms with Gasteiger partial charge in [-0.2, -0.15) is 0 Å². The van der Waals surface area contributed by atoms with E-state index in [9.17, 15) is 4.79 Å². The zero-order valence-corrected chi connectivity index (χ0v) is 16.6. The highest BCUT2D eigenvalue weighted by Crippen LogP contribution is 2.27. The van der Waals surface area contributed by atoms with E-state index < -0.39 is 0 Å². The summed E-state index contributed by atoms with van der Waals surface area (Å²) in [6, 6.07) is 7.30. The number of benzene rings is 1. The first-order valence-electron chi connectivity index (χ1n) is 8.83. The Balaban J connectivity index is 1.69. The number of halogens is 1. The van der Waals surface area contributed by atoms with Crippen molar-refractivity contribution in [3.05, 3.63) is 44.9 Å². The number of hydrogen-bond acceptors (Lipinski definition) is 5. The molecule has 2 N–H and O–H groups in total. The van der Waals surface area contributed by atoms with Crippen LogP contribution >= 0.6 is 22.9 Å². The fourth-order valence-electron chi connectivity index (χ4n) is 3.26. The lowest BCUT2D eigenvalue weighted by atomic mass is 9.92. The smallest absolute Gasteiger partial charge is 0.266 e. The number of nitrogens with zero attached hydrogens (tertiary/aromatic N) is 2. The van der Waals surface area contributed by atoms with Crippen LogP contribution < -0.4 is 10.5 Å². The van der Waals surface area contributed by atoms with Crippen molar-refractivity contribution in [1.82, 2.24) is 9.88 Å². The van der Waals surface area contributed by atoms with Crippen molar-refractivity contribution >= 4 is 28.8 Å². The molecule has 2 atom stereocenters. The largest absolute Gasteiger partial charge is 0.486 e. The molecule has 2 unspecified atom stereocenters. The summed E-state index contributed by atoms with van der Waals surface area (Å²) in [5, 5.41) is 1.45. The lowest BCUT2D eigenvalue weighted by Gasteiger charge is -2.37. The summed E-state index contributed by atoms with van der Waals surface area (Å²) < 4.78 is 5.74. The number of aromatic nitrogens is 1. The minimum atomic E-state index is 0.0418. The summed E-state index contributed by atoms with van der Waals surface area (Å²) >= 11 is 7.28. The molecule has 1 aromatic carbocycles. The Hall–Kier alpha value is -1.63. The predicted octanol–water partition coefficient (Wildman–Crippen LogP) is 3.88. The van der Waals surface area contributed by atoms with Gasteiger partial charge in [0, 0.05) is 24.2 Å². The fourth-order valence-corrected chi connectivity index (χ4v) is 4.32. The van der Waals surface area contributed by atoms with Gasteiger partial charge >= 0.3 is 0 Å². The van der Waals surface area contributed by atoms with Gasteiger partial charge in [-0.1, -0.05) is 18.5 Å². The standard InChI is InChI=1S/C19H24ClN3O2S/c1-12-7-8-23(15(9-12)10-21)19(24)18-13(2)22-17(26-18)11-25-16-5-3-14(20)4-6-16/h3-6,12,15H,7-11,21H2,1-2H3. The van der Waals surface area contributed by atoms with E-state index in [0.29, 0.717) is 29.0 Å². The van der Waals surface area contributed by atoms with Crippen molar-refractivity contribution in [3.8, 4) is 5.75 Å². The van der Waals surface area contributed by atoms with Gasteiger partial charge in [0.15, 0.2) is 0 Å². The topological polar surface area (TPSA) is 68.5 Å². The molecule has 5 nitrogen and oxygen atoms in total. The van der Waals surface area contributed by atoms with Crippen molar-refractivity contribution in [3.63, 3.8) is 0 Å². The van der Waals surface area contributed by atoms with Crippen LogP contribution in [0.15, 0.2) is 24.3 Å². The van der Waals surface area contributed by atoms with Gasteiger partial charge in [0.1, 0.15) is 22.2 Å². The SMILES string of the molecule is Cc1nc(COc2ccc(Cl)cc2)sc1C(=O)N1CCC(C)CC1CN. The van der Waals surface area contributed by atoms with Gasteiger partial charge in [0.25, 0.3) is 5.91 Å². The number of ether oxygens (including phenoxy) is 1. The van der Waals surface area contributed by atoms with Gasteiger partial charge in [-0.25, -0.2) is 4.98 Å². The van der Waals surface area contributed by atoms with Crippen molar-refractivity contribution in [2.75, 3.05) is 13.1 Å². The number of aryl methyl sites for hydroxylation is 1. The summed E-state index contributed by atoms with van der Waals surface area (Å²) in [6.07, 6.45) is 1.99. The summed E-state index contributed by atoms with van der Waals surface area (Å²) in [4.78, 5) is 20.1. The van der Waals surface area contributed by atoms with E-state index in [4.69, 9.17) is 22.1 Å². The van der Waals surface area contributed by atoms with Gasteiger partial charge in [-0.15, -0.1) is 11.3 Å². The maximum atomic E-state index is 13.0. The third-order valence-electron chi connectivity index (χ3n) is 4.72. The molecule has 1 fully saturated rings. The van der Waals surface area contributed by atoms with Crippen molar-refractivity contribution in [2.24, 2.45) is 11.7 Å². The minimum Gasteiger partial charge on any atom is -0.486 e. The van der Waals surface area contributed by atoms with Crippen molar-refractivity contribution in [2.45, 2.75) is 39.3 Å². The van der Waals surface area contributed by atoms with Gasteiger partial charge in [-0.05, 0) is 49.9 Å². The lowest BCUT2D eigenvalue weighted by Crippen LogP contribution is -2.49. The molecule has 0 saturated carbocycles. The Morgan fingerprint density at radius 3 is 2.85 bits per heavy atom. The van der Waals surface area contributed by atoms with Crippen LogP contribution in [0.2, 0.25) is 5.02 Å². The molecule has 0 aliphatic carbocycles. The minimum absolute atomic E-state index is 0.0418. The highest BCUT2D eigenvalue weighted by molar-refractivity contribution is 7.13. The predicted molar refractivity (Wildman–Crippen MR) is 105 cm³/mol. The summed E-state index contributed by atoms with van der Waals surface area (Å²) in [6.45, 7) is 5.68. The molecular formula is C19H24ClN3O2S. The van der Waals surface area contributed by atoms with E-state index in [1.54, 1.807) is 12.1 Å². The molecule has 1 amide bonds. The number of amides is 1. The number of thiazole rings is 1. The normalized spacial score (nSPS) is 20.2. The number of piperidine rings is 1. The van der Waals surface area contributed by atoms with Crippen LogP contribution in [-0.2, 0) is 6.61 Å². The molecule has 26 heavy (non-hydrogen) atoms. The Morgan fingerprint density at radius 1 is 1.42 bits per heavy atom. The van der Waals surface area contributed by atoms with Crippen molar-refractivity contribution in [1.29, 1.82) is 0 Å². The van der Waals surface area contributed by atoms with Crippen LogP contribution in [0.4, 0.5) is 0 Å². The van der Waals surface area contributed by atoms with Crippen LogP contribution in [0.3, 0.4) is 0 Å². The Labute approximate surface area is 163 Å². The number of hydrogen-bond donors (Lipinski definition) is 1. The molecule has 0 spiro atoms. The number of carbonyl (C=O) groups is 1. The van der Waals surface area contributed by atoms with Gasteiger partial charge in [0.2, 0.25) is 0 Å². The molecule has 3 rings (SSSR count). The molecule has 7 heteroatoms. The molecule has 1 aliphatic rings. The molecule has 2 heterocycles. The van der Waals surface area contributed by atoms with E-state index >= 15 is 0 Å². The van der Waals surface area contributed by atoms with E-state index in [1.807, 2.05) is 24.0 Å². The second kappa shape index (κ2) is 8.37. The average Bonchev–Trinajstić information content (AvgIpc) is 3.01. The molecule has 0 radical (unpaired) electrons. The molecule has 1 saturated heterocycles. The van der Waals surface area contributed by atoms with Gasteiger partial charge in [-0.3, -0.25) is 4.79 Å². The van der Waals surface area contributed by atoms with E-state index in [0.717, 1.165) is 35.8 Å². The van der Waals surface area contributed by atoms with Gasteiger partial charge < -0.3 is 15.4 Å². The summed E-state index contributed by atoms with van der Waals surface area (Å²) in [7, 11) is 0. The zero-order chi connectivity index (χ0) is 18.7. The number of rotatable bonds is 5. The van der Waals surface area contributed by atoms with Crippen LogP contribution in [0.1, 0.15) is 40.1 Å². The second-order valence-electron chi connectivity index (χ2n) is 6.78. The number of nitrogens with two attached hydrogens (primary N) is 1. The Bertz CT molecular complexity index is 763. The summed E-state index contributed by atoms with van der Waals surface area (Å²) in [5.41, 5.74) is 6.66. The van der Waals surface area contributed by atoms with E-state index in [2.05, 4.69) is 11.9 Å². The first-order chi connectivity index (χ1) is 12.5. The van der Waals surface area contributed by atoms with E-state index in [-0.39, 0.29) is 11.9 Å². The van der Waals surface area contributed by atoms with Crippen molar-refractivity contribution < 1.29 is 9.53 Å². The molecule has 1 aromatic heterocycles. The molecular weight excluding hydrogens is 370 g/mol. The number of likely N-dealkylation sites (tertiary alicyclic amines) is 1.